The normalized spacial score (nSPS) is 20.6. The fourth-order valence-electron chi connectivity index (χ4n) is 2.55. The molecule has 3 nitrogen and oxygen atoms in total. The number of likely N-dealkylation sites (tertiary alicyclic amines) is 1. The summed E-state index contributed by atoms with van der Waals surface area (Å²) >= 11 is 0. The van der Waals surface area contributed by atoms with Gasteiger partial charge < -0.3 is 10.2 Å². The summed E-state index contributed by atoms with van der Waals surface area (Å²) in [5.41, 5.74) is 2.55. The predicted octanol–water partition coefficient (Wildman–Crippen LogP) is 2.04. The van der Waals surface area contributed by atoms with Crippen molar-refractivity contribution in [3.8, 4) is 0 Å². The number of rotatable bonds is 5. The molecule has 0 amide bonds. The molecule has 1 N–H and O–H groups in total. The summed E-state index contributed by atoms with van der Waals surface area (Å²) in [4.78, 5) is 4.89. The van der Waals surface area contributed by atoms with Crippen molar-refractivity contribution in [3.05, 3.63) is 29.8 Å². The predicted molar refractivity (Wildman–Crippen MR) is 78.2 cm³/mol. The van der Waals surface area contributed by atoms with Gasteiger partial charge in [-0.05, 0) is 51.7 Å². The zero-order chi connectivity index (χ0) is 13.0. The van der Waals surface area contributed by atoms with E-state index in [0.29, 0.717) is 0 Å². The molecule has 100 valence electrons. The van der Waals surface area contributed by atoms with Gasteiger partial charge in [0, 0.05) is 31.4 Å². The molecule has 1 aromatic rings. The van der Waals surface area contributed by atoms with Gasteiger partial charge in [-0.1, -0.05) is 12.1 Å². The van der Waals surface area contributed by atoms with E-state index >= 15 is 0 Å². The van der Waals surface area contributed by atoms with Crippen molar-refractivity contribution in [2.45, 2.75) is 19.4 Å². The van der Waals surface area contributed by atoms with Crippen LogP contribution in [-0.4, -0.2) is 56.1 Å². The molecule has 3 heteroatoms. The van der Waals surface area contributed by atoms with Gasteiger partial charge in [0.2, 0.25) is 0 Å². The lowest BCUT2D eigenvalue weighted by molar-refractivity contribution is 0.273. The molecule has 1 aliphatic rings. The van der Waals surface area contributed by atoms with Crippen LogP contribution in [0, 0.1) is 6.92 Å². The van der Waals surface area contributed by atoms with E-state index in [2.05, 4.69) is 60.4 Å². The number of hydrogen-bond donors (Lipinski definition) is 1. The highest BCUT2D eigenvalue weighted by Gasteiger charge is 2.22. The van der Waals surface area contributed by atoms with Gasteiger partial charge in [0.05, 0.1) is 0 Å². The lowest BCUT2D eigenvalue weighted by Gasteiger charge is -2.20. The topological polar surface area (TPSA) is 18.5 Å². The molecule has 0 saturated carbocycles. The molecule has 1 aromatic carbocycles. The molecular weight excluding hydrogens is 222 g/mol. The van der Waals surface area contributed by atoms with Crippen molar-refractivity contribution in [3.63, 3.8) is 0 Å². The van der Waals surface area contributed by atoms with Crippen molar-refractivity contribution < 1.29 is 0 Å². The first kappa shape index (κ1) is 13.4. The number of benzene rings is 1. The Balaban J connectivity index is 1.70. The number of anilines is 1. The summed E-state index contributed by atoms with van der Waals surface area (Å²) < 4.78 is 0. The molecular formula is C15H25N3. The molecule has 1 aliphatic heterocycles. The average Bonchev–Trinajstić information content (AvgIpc) is 2.78. The van der Waals surface area contributed by atoms with Gasteiger partial charge >= 0.3 is 0 Å². The molecule has 0 aromatic heterocycles. The number of hydrogen-bond acceptors (Lipinski definition) is 3. The summed E-state index contributed by atoms with van der Waals surface area (Å²) in [6.45, 7) is 6.75. The Kier molecular flexibility index (Phi) is 4.61. The Morgan fingerprint density at radius 1 is 1.39 bits per heavy atom. The largest absolute Gasteiger partial charge is 0.384 e. The first-order valence-electron chi connectivity index (χ1n) is 6.84. The second kappa shape index (κ2) is 6.21. The molecule has 0 spiro atoms. The molecule has 1 fully saturated rings. The minimum absolute atomic E-state index is 0.740. The second-order valence-corrected chi connectivity index (χ2v) is 5.50. The van der Waals surface area contributed by atoms with Gasteiger partial charge in [0.25, 0.3) is 0 Å². The summed E-state index contributed by atoms with van der Waals surface area (Å²) in [7, 11) is 4.36. The smallest absolute Gasteiger partial charge is 0.0343 e. The van der Waals surface area contributed by atoms with Crippen LogP contribution in [0.1, 0.15) is 12.0 Å². The van der Waals surface area contributed by atoms with Crippen molar-refractivity contribution in [1.82, 2.24) is 9.80 Å². The third-order valence-corrected chi connectivity index (χ3v) is 3.75. The van der Waals surface area contributed by atoms with Gasteiger partial charge in [0.15, 0.2) is 0 Å². The van der Waals surface area contributed by atoms with Crippen LogP contribution in [0.5, 0.6) is 0 Å². The minimum atomic E-state index is 0.740. The van der Waals surface area contributed by atoms with Crippen molar-refractivity contribution in [2.24, 2.45) is 0 Å². The molecule has 1 atom stereocenters. The van der Waals surface area contributed by atoms with Crippen molar-refractivity contribution in [2.75, 3.05) is 45.6 Å². The molecule has 0 aliphatic carbocycles. The van der Waals surface area contributed by atoms with Crippen LogP contribution in [0.4, 0.5) is 5.69 Å². The van der Waals surface area contributed by atoms with Gasteiger partial charge in [-0.3, -0.25) is 4.90 Å². The molecule has 0 radical (unpaired) electrons. The van der Waals surface area contributed by atoms with Crippen LogP contribution in [0.15, 0.2) is 24.3 Å². The third-order valence-electron chi connectivity index (χ3n) is 3.75. The quantitative estimate of drug-likeness (QED) is 0.859. The van der Waals surface area contributed by atoms with E-state index in [1.165, 1.54) is 30.8 Å². The van der Waals surface area contributed by atoms with Crippen LogP contribution in [0.3, 0.4) is 0 Å². The standard InChI is InChI=1S/C15H25N3/c1-13-5-4-6-14(11-13)16-8-10-18-9-7-15(12-18)17(2)3/h4-6,11,15-16H,7-10,12H2,1-3H3. The van der Waals surface area contributed by atoms with Gasteiger partial charge in [-0.15, -0.1) is 0 Å². The number of nitrogens with one attached hydrogen (secondary N) is 1. The first-order valence-corrected chi connectivity index (χ1v) is 6.84. The molecule has 18 heavy (non-hydrogen) atoms. The van der Waals surface area contributed by atoms with Gasteiger partial charge in [-0.25, -0.2) is 0 Å². The van der Waals surface area contributed by atoms with Gasteiger partial charge in [0.1, 0.15) is 0 Å². The summed E-state index contributed by atoms with van der Waals surface area (Å²) in [5, 5.41) is 3.50. The lowest BCUT2D eigenvalue weighted by Crippen LogP contribution is -2.33. The monoisotopic (exact) mass is 247 g/mol. The van der Waals surface area contributed by atoms with E-state index in [4.69, 9.17) is 0 Å². The van der Waals surface area contributed by atoms with E-state index in [-0.39, 0.29) is 0 Å². The third kappa shape index (κ3) is 3.72. The molecule has 1 saturated heterocycles. The highest BCUT2D eigenvalue weighted by atomic mass is 15.2. The van der Waals surface area contributed by atoms with Crippen LogP contribution >= 0.6 is 0 Å². The van der Waals surface area contributed by atoms with E-state index in [0.717, 1.165) is 19.1 Å². The summed E-state index contributed by atoms with van der Waals surface area (Å²) in [6, 6.07) is 9.32. The van der Waals surface area contributed by atoms with Crippen molar-refractivity contribution in [1.29, 1.82) is 0 Å². The summed E-state index contributed by atoms with van der Waals surface area (Å²) in [6.07, 6.45) is 1.30. The Morgan fingerprint density at radius 2 is 2.22 bits per heavy atom. The summed E-state index contributed by atoms with van der Waals surface area (Å²) in [5.74, 6) is 0. The molecule has 0 bridgehead atoms. The Morgan fingerprint density at radius 3 is 2.89 bits per heavy atom. The highest BCUT2D eigenvalue weighted by molar-refractivity contribution is 5.45. The zero-order valence-electron chi connectivity index (χ0n) is 11.8. The Hall–Kier alpha value is -1.06. The second-order valence-electron chi connectivity index (χ2n) is 5.50. The number of aryl methyl sites for hydroxylation is 1. The van der Waals surface area contributed by atoms with Crippen molar-refractivity contribution >= 4 is 5.69 Å². The minimum Gasteiger partial charge on any atom is -0.384 e. The fraction of sp³-hybridized carbons (Fsp3) is 0.600. The van der Waals surface area contributed by atoms with Crippen LogP contribution in [-0.2, 0) is 0 Å². The number of likely N-dealkylation sites (N-methyl/N-ethyl adjacent to an activating group) is 1. The highest BCUT2D eigenvalue weighted by Crippen LogP contribution is 2.13. The maximum absolute atomic E-state index is 3.50. The van der Waals surface area contributed by atoms with E-state index < -0.39 is 0 Å². The Labute approximate surface area is 111 Å². The van der Waals surface area contributed by atoms with E-state index in [9.17, 15) is 0 Å². The Bertz CT molecular complexity index is 376. The zero-order valence-corrected chi connectivity index (χ0v) is 11.8. The molecule has 2 rings (SSSR count). The average molecular weight is 247 g/mol. The maximum Gasteiger partial charge on any atom is 0.0343 e. The van der Waals surface area contributed by atoms with E-state index in [1.807, 2.05) is 0 Å². The fourth-order valence-corrected chi connectivity index (χ4v) is 2.55. The van der Waals surface area contributed by atoms with E-state index in [1.54, 1.807) is 0 Å². The molecule has 1 unspecified atom stereocenters. The SMILES string of the molecule is Cc1cccc(NCCN2CCC(N(C)C)C2)c1. The van der Waals surface area contributed by atoms with Crippen LogP contribution in [0.25, 0.3) is 0 Å². The van der Waals surface area contributed by atoms with Crippen LogP contribution in [0.2, 0.25) is 0 Å². The first-order chi connectivity index (χ1) is 8.65. The molecule has 1 heterocycles. The number of nitrogens with zero attached hydrogens (tertiary/aromatic N) is 2. The maximum atomic E-state index is 3.50. The lowest BCUT2D eigenvalue weighted by atomic mass is 10.2. The van der Waals surface area contributed by atoms with Gasteiger partial charge in [-0.2, -0.15) is 0 Å². The van der Waals surface area contributed by atoms with Crippen LogP contribution < -0.4 is 5.32 Å².